The summed E-state index contributed by atoms with van der Waals surface area (Å²) >= 11 is 1.14. The topological polar surface area (TPSA) is 66.4 Å². The van der Waals surface area contributed by atoms with E-state index in [0.717, 1.165) is 18.0 Å². The summed E-state index contributed by atoms with van der Waals surface area (Å²) < 4.78 is 3.83. The first-order valence-electron chi connectivity index (χ1n) is 8.57. The highest BCUT2D eigenvalue weighted by Crippen LogP contribution is 2.48. The Bertz CT molecular complexity index is 783. The van der Waals surface area contributed by atoms with Crippen molar-refractivity contribution in [2.24, 2.45) is 5.92 Å². The summed E-state index contributed by atoms with van der Waals surface area (Å²) in [6.07, 6.45) is 0.938. The number of benzene rings is 1. The zero-order valence-corrected chi connectivity index (χ0v) is 14.9. The van der Waals surface area contributed by atoms with Crippen molar-refractivity contribution in [3.63, 3.8) is 0 Å². The van der Waals surface area contributed by atoms with E-state index in [1.807, 2.05) is 23.1 Å². The van der Waals surface area contributed by atoms with Crippen molar-refractivity contribution < 1.29 is 9.59 Å². The molecule has 0 spiro atoms. The monoisotopic (exact) mass is 356 g/mol. The SMILES string of the molecule is Cc1nnsc1C(=O)N1CCN(C(=O)C2CC2c2ccccc2)CC1. The zero-order valence-electron chi connectivity index (χ0n) is 14.1. The number of piperazine rings is 1. The maximum Gasteiger partial charge on any atom is 0.267 e. The first-order chi connectivity index (χ1) is 12.1. The Kier molecular flexibility index (Phi) is 4.25. The molecule has 7 heteroatoms. The van der Waals surface area contributed by atoms with Gasteiger partial charge in [0.2, 0.25) is 5.91 Å². The fourth-order valence-corrected chi connectivity index (χ4v) is 4.10. The second-order valence-electron chi connectivity index (χ2n) is 6.66. The quantitative estimate of drug-likeness (QED) is 0.843. The smallest absolute Gasteiger partial charge is 0.267 e. The Hall–Kier alpha value is -2.28. The minimum Gasteiger partial charge on any atom is -0.339 e. The number of nitrogens with zero attached hydrogens (tertiary/aromatic N) is 4. The summed E-state index contributed by atoms with van der Waals surface area (Å²) in [5, 5.41) is 3.90. The lowest BCUT2D eigenvalue weighted by atomic mass is 10.1. The predicted octanol–water partition coefficient (Wildman–Crippen LogP) is 1.93. The van der Waals surface area contributed by atoms with Crippen molar-refractivity contribution in [2.75, 3.05) is 26.2 Å². The van der Waals surface area contributed by atoms with Gasteiger partial charge in [0.05, 0.1) is 5.69 Å². The van der Waals surface area contributed by atoms with Crippen molar-refractivity contribution in [3.05, 3.63) is 46.5 Å². The molecule has 2 fully saturated rings. The lowest BCUT2D eigenvalue weighted by Crippen LogP contribution is -2.51. The van der Waals surface area contributed by atoms with Gasteiger partial charge in [-0.3, -0.25) is 9.59 Å². The number of hydrogen-bond acceptors (Lipinski definition) is 5. The van der Waals surface area contributed by atoms with Crippen molar-refractivity contribution in [2.45, 2.75) is 19.3 Å². The summed E-state index contributed by atoms with van der Waals surface area (Å²) in [6, 6.07) is 10.2. The second-order valence-corrected chi connectivity index (χ2v) is 7.42. The molecule has 0 radical (unpaired) electrons. The fraction of sp³-hybridized carbons (Fsp3) is 0.444. The molecule has 2 aliphatic rings. The molecule has 1 aromatic carbocycles. The van der Waals surface area contributed by atoms with Gasteiger partial charge in [0.1, 0.15) is 4.88 Å². The molecule has 2 unspecified atom stereocenters. The zero-order chi connectivity index (χ0) is 17.4. The number of carbonyl (C=O) groups excluding carboxylic acids is 2. The van der Waals surface area contributed by atoms with E-state index < -0.39 is 0 Å². The number of hydrogen-bond donors (Lipinski definition) is 0. The maximum absolute atomic E-state index is 12.7. The number of amides is 2. The highest BCUT2D eigenvalue weighted by atomic mass is 32.1. The predicted molar refractivity (Wildman–Crippen MR) is 94.4 cm³/mol. The number of carbonyl (C=O) groups is 2. The molecule has 130 valence electrons. The van der Waals surface area contributed by atoms with Crippen LogP contribution in [0.1, 0.15) is 33.3 Å². The Morgan fingerprint density at radius 1 is 1.08 bits per heavy atom. The van der Waals surface area contributed by atoms with E-state index >= 15 is 0 Å². The van der Waals surface area contributed by atoms with Gasteiger partial charge in [-0.1, -0.05) is 34.8 Å². The second kappa shape index (κ2) is 6.55. The van der Waals surface area contributed by atoms with Gasteiger partial charge in [0, 0.05) is 32.1 Å². The summed E-state index contributed by atoms with van der Waals surface area (Å²) in [6.45, 7) is 4.16. The Balaban J connectivity index is 1.33. The van der Waals surface area contributed by atoms with Crippen LogP contribution in [-0.4, -0.2) is 57.4 Å². The highest BCUT2D eigenvalue weighted by Gasteiger charge is 2.46. The summed E-state index contributed by atoms with van der Waals surface area (Å²) in [5.41, 5.74) is 1.93. The molecule has 2 amide bonds. The van der Waals surface area contributed by atoms with E-state index in [4.69, 9.17) is 0 Å². The summed E-state index contributed by atoms with van der Waals surface area (Å²) in [4.78, 5) is 29.5. The third kappa shape index (κ3) is 3.16. The van der Waals surface area contributed by atoms with Gasteiger partial charge >= 0.3 is 0 Å². The van der Waals surface area contributed by atoms with E-state index in [1.54, 1.807) is 11.8 Å². The van der Waals surface area contributed by atoms with E-state index in [2.05, 4.69) is 21.7 Å². The molecule has 2 heterocycles. The molecule has 2 atom stereocenters. The van der Waals surface area contributed by atoms with Gasteiger partial charge in [-0.2, -0.15) is 0 Å². The van der Waals surface area contributed by atoms with Gasteiger partial charge in [-0.05, 0) is 36.4 Å². The van der Waals surface area contributed by atoms with Crippen LogP contribution in [-0.2, 0) is 4.79 Å². The number of rotatable bonds is 3. The highest BCUT2D eigenvalue weighted by molar-refractivity contribution is 7.07. The van der Waals surface area contributed by atoms with Crippen LogP contribution in [0.5, 0.6) is 0 Å². The Morgan fingerprint density at radius 3 is 2.40 bits per heavy atom. The van der Waals surface area contributed by atoms with Crippen LogP contribution in [0.4, 0.5) is 0 Å². The van der Waals surface area contributed by atoms with Gasteiger partial charge in [-0.15, -0.1) is 5.10 Å². The molecule has 1 saturated heterocycles. The summed E-state index contributed by atoms with van der Waals surface area (Å²) in [5.74, 6) is 0.682. The van der Waals surface area contributed by atoms with Gasteiger partial charge in [0.25, 0.3) is 5.91 Å². The van der Waals surface area contributed by atoms with Crippen LogP contribution in [0.3, 0.4) is 0 Å². The molecule has 1 aromatic heterocycles. The van der Waals surface area contributed by atoms with Crippen LogP contribution in [0.15, 0.2) is 30.3 Å². The van der Waals surface area contributed by atoms with E-state index in [0.29, 0.717) is 42.7 Å². The van der Waals surface area contributed by atoms with Crippen LogP contribution >= 0.6 is 11.5 Å². The van der Waals surface area contributed by atoms with Crippen molar-refractivity contribution in [1.29, 1.82) is 0 Å². The Morgan fingerprint density at radius 2 is 1.76 bits per heavy atom. The van der Waals surface area contributed by atoms with Crippen LogP contribution in [0, 0.1) is 12.8 Å². The largest absolute Gasteiger partial charge is 0.339 e. The van der Waals surface area contributed by atoms with Crippen LogP contribution < -0.4 is 0 Å². The molecule has 6 nitrogen and oxygen atoms in total. The average molecular weight is 356 g/mol. The molecule has 1 saturated carbocycles. The molecule has 0 N–H and O–H groups in total. The molecule has 2 aromatic rings. The van der Waals surface area contributed by atoms with Gasteiger partial charge in [-0.25, -0.2) is 0 Å². The first-order valence-corrected chi connectivity index (χ1v) is 9.34. The van der Waals surface area contributed by atoms with Crippen molar-refractivity contribution in [1.82, 2.24) is 19.4 Å². The third-order valence-electron chi connectivity index (χ3n) is 5.06. The van der Waals surface area contributed by atoms with E-state index in [1.165, 1.54) is 5.56 Å². The van der Waals surface area contributed by atoms with Crippen molar-refractivity contribution >= 4 is 23.3 Å². The molecule has 4 rings (SSSR count). The third-order valence-corrected chi connectivity index (χ3v) is 5.88. The van der Waals surface area contributed by atoms with Crippen molar-refractivity contribution in [3.8, 4) is 0 Å². The fourth-order valence-electron chi connectivity index (χ4n) is 3.47. The van der Waals surface area contributed by atoms with Crippen LogP contribution in [0.2, 0.25) is 0 Å². The number of aryl methyl sites for hydroxylation is 1. The Labute approximate surface area is 150 Å². The number of aromatic nitrogens is 2. The minimum absolute atomic E-state index is 0.0202. The molecule has 1 aliphatic carbocycles. The standard InChI is InChI=1S/C18H20N4O2S/c1-12-16(25-20-19-12)18(24)22-9-7-21(8-10-22)17(23)15-11-14(15)13-5-3-2-4-6-13/h2-6,14-15H,7-11H2,1H3. The van der Waals surface area contributed by atoms with E-state index in [-0.39, 0.29) is 17.7 Å². The molecule has 25 heavy (non-hydrogen) atoms. The summed E-state index contributed by atoms with van der Waals surface area (Å²) in [7, 11) is 0. The van der Waals surface area contributed by atoms with E-state index in [9.17, 15) is 9.59 Å². The average Bonchev–Trinajstić information content (AvgIpc) is 3.35. The maximum atomic E-state index is 12.7. The first kappa shape index (κ1) is 16.2. The van der Waals surface area contributed by atoms with Crippen LogP contribution in [0.25, 0.3) is 0 Å². The van der Waals surface area contributed by atoms with Gasteiger partial charge < -0.3 is 9.80 Å². The van der Waals surface area contributed by atoms with Gasteiger partial charge in [0.15, 0.2) is 0 Å². The lowest BCUT2D eigenvalue weighted by Gasteiger charge is -2.34. The normalized spacial score (nSPS) is 22.8. The lowest BCUT2D eigenvalue weighted by molar-refractivity contribution is -0.134. The molecular formula is C18H20N4O2S. The molecular weight excluding hydrogens is 336 g/mol. The molecule has 1 aliphatic heterocycles. The molecule has 0 bridgehead atoms. The minimum atomic E-state index is -0.0202.